The van der Waals surface area contributed by atoms with Crippen LogP contribution in [0.3, 0.4) is 0 Å². The number of rotatable bonds is 5. The van der Waals surface area contributed by atoms with E-state index in [2.05, 4.69) is 5.32 Å². The van der Waals surface area contributed by atoms with Crippen LogP contribution in [0.4, 0.5) is 9.18 Å². The molecule has 0 aliphatic carbocycles. The normalized spacial score (nSPS) is 11.5. The first kappa shape index (κ1) is 17.0. The van der Waals surface area contributed by atoms with Gasteiger partial charge in [0.05, 0.1) is 7.11 Å². The lowest BCUT2D eigenvalue weighted by Gasteiger charge is -2.19. The van der Waals surface area contributed by atoms with E-state index in [-0.39, 0.29) is 5.82 Å². The minimum Gasteiger partial charge on any atom is -0.496 e. The van der Waals surface area contributed by atoms with E-state index in [1.165, 1.54) is 19.2 Å². The average Bonchev–Trinajstić information content (AvgIpc) is 2.37. The van der Waals surface area contributed by atoms with E-state index in [0.29, 0.717) is 18.7 Å². The van der Waals surface area contributed by atoms with Gasteiger partial charge in [0, 0.05) is 18.2 Å². The molecule has 116 valence electrons. The van der Waals surface area contributed by atoms with Crippen LogP contribution in [-0.2, 0) is 4.74 Å². The smallest absolute Gasteiger partial charge is 0.407 e. The largest absolute Gasteiger partial charge is 0.496 e. The molecular formula is C16H22FNO3. The molecule has 0 bridgehead atoms. The third-order valence-corrected chi connectivity index (χ3v) is 2.47. The minimum absolute atomic E-state index is 0.337. The number of hydrogen-bond acceptors (Lipinski definition) is 3. The summed E-state index contributed by atoms with van der Waals surface area (Å²) < 4.78 is 23.2. The average molecular weight is 295 g/mol. The number of hydrogen-bond donors (Lipinski definition) is 1. The lowest BCUT2D eigenvalue weighted by atomic mass is 10.1. The van der Waals surface area contributed by atoms with E-state index in [1.807, 2.05) is 32.9 Å². The van der Waals surface area contributed by atoms with Crippen LogP contribution >= 0.6 is 0 Å². The quantitative estimate of drug-likeness (QED) is 0.841. The highest BCUT2D eigenvalue weighted by atomic mass is 19.1. The topological polar surface area (TPSA) is 47.6 Å². The fourth-order valence-corrected chi connectivity index (χ4v) is 1.60. The molecule has 21 heavy (non-hydrogen) atoms. The summed E-state index contributed by atoms with van der Waals surface area (Å²) in [5.41, 5.74) is 0.290. The third kappa shape index (κ3) is 6.79. The van der Waals surface area contributed by atoms with E-state index in [0.717, 1.165) is 5.56 Å². The van der Waals surface area contributed by atoms with E-state index in [4.69, 9.17) is 9.47 Å². The predicted molar refractivity (Wildman–Crippen MR) is 80.8 cm³/mol. The van der Waals surface area contributed by atoms with Crippen LogP contribution in [-0.4, -0.2) is 25.3 Å². The number of benzene rings is 1. The maximum Gasteiger partial charge on any atom is 0.407 e. The highest BCUT2D eigenvalue weighted by Crippen LogP contribution is 2.20. The van der Waals surface area contributed by atoms with Crippen molar-refractivity contribution in [3.8, 4) is 5.75 Å². The second kappa shape index (κ2) is 7.67. The summed E-state index contributed by atoms with van der Waals surface area (Å²) in [6, 6.07) is 4.35. The van der Waals surface area contributed by atoms with Gasteiger partial charge in [-0.2, -0.15) is 0 Å². The highest BCUT2D eigenvalue weighted by Gasteiger charge is 2.15. The highest BCUT2D eigenvalue weighted by molar-refractivity contribution is 5.67. The molecule has 0 unspecified atom stereocenters. The summed E-state index contributed by atoms with van der Waals surface area (Å²) in [5.74, 6) is 0.141. The lowest BCUT2D eigenvalue weighted by molar-refractivity contribution is 0.0529. The molecular weight excluding hydrogens is 273 g/mol. The van der Waals surface area contributed by atoms with Gasteiger partial charge in [-0.1, -0.05) is 12.2 Å². The number of carbonyl (C=O) groups excluding carboxylic acids is 1. The molecule has 4 nitrogen and oxygen atoms in total. The van der Waals surface area contributed by atoms with Crippen molar-refractivity contribution in [1.29, 1.82) is 0 Å². The maximum absolute atomic E-state index is 13.0. The van der Waals surface area contributed by atoms with Crippen LogP contribution in [0.2, 0.25) is 0 Å². The Labute approximate surface area is 124 Å². The number of nitrogens with one attached hydrogen (secondary N) is 1. The maximum atomic E-state index is 13.0. The molecule has 1 aromatic carbocycles. The zero-order valence-corrected chi connectivity index (χ0v) is 12.9. The first-order chi connectivity index (χ1) is 9.81. The molecule has 5 heteroatoms. The van der Waals surface area contributed by atoms with Gasteiger partial charge in [-0.3, -0.25) is 0 Å². The van der Waals surface area contributed by atoms with Crippen LogP contribution in [0.1, 0.15) is 32.8 Å². The Morgan fingerprint density at radius 3 is 2.71 bits per heavy atom. The van der Waals surface area contributed by atoms with Crippen molar-refractivity contribution in [2.75, 3.05) is 13.7 Å². The standard InChI is InChI=1S/C16H22FNO3/c1-16(2,3)21-15(19)18-10-6-5-7-12-8-9-13(17)11-14(12)20-4/h5,7-9,11H,6,10H2,1-4H3,(H,18,19). The molecule has 0 aliphatic rings. The monoisotopic (exact) mass is 295 g/mol. The van der Waals surface area contributed by atoms with E-state index >= 15 is 0 Å². The van der Waals surface area contributed by atoms with Gasteiger partial charge in [0.15, 0.2) is 0 Å². The van der Waals surface area contributed by atoms with Crippen LogP contribution < -0.4 is 10.1 Å². The number of halogens is 1. The molecule has 0 fully saturated rings. The fraction of sp³-hybridized carbons (Fsp3) is 0.438. The molecule has 0 aliphatic heterocycles. The Kier molecular flexibility index (Phi) is 6.21. The Bertz CT molecular complexity index is 507. The zero-order valence-electron chi connectivity index (χ0n) is 12.9. The molecule has 1 amide bonds. The van der Waals surface area contributed by atoms with Gasteiger partial charge < -0.3 is 14.8 Å². The van der Waals surface area contributed by atoms with Crippen molar-refractivity contribution in [3.05, 3.63) is 35.7 Å². The Balaban J connectivity index is 2.41. The van der Waals surface area contributed by atoms with Gasteiger partial charge in [0.2, 0.25) is 0 Å². The van der Waals surface area contributed by atoms with Crippen molar-refractivity contribution >= 4 is 12.2 Å². The third-order valence-electron chi connectivity index (χ3n) is 2.47. The summed E-state index contributed by atoms with van der Waals surface area (Å²) in [4.78, 5) is 11.4. The summed E-state index contributed by atoms with van der Waals surface area (Å²) >= 11 is 0. The molecule has 0 radical (unpaired) electrons. The van der Waals surface area contributed by atoms with Gasteiger partial charge in [-0.15, -0.1) is 0 Å². The van der Waals surface area contributed by atoms with Crippen molar-refractivity contribution in [2.24, 2.45) is 0 Å². The number of ether oxygens (including phenoxy) is 2. The molecule has 0 saturated carbocycles. The van der Waals surface area contributed by atoms with E-state index < -0.39 is 11.7 Å². The molecule has 0 atom stereocenters. The lowest BCUT2D eigenvalue weighted by Crippen LogP contribution is -2.32. The number of amides is 1. The molecule has 0 saturated heterocycles. The van der Waals surface area contributed by atoms with Gasteiger partial charge in [0.25, 0.3) is 0 Å². The summed E-state index contributed by atoms with van der Waals surface area (Å²) in [6.45, 7) is 5.91. The van der Waals surface area contributed by atoms with Crippen LogP contribution in [0.5, 0.6) is 5.75 Å². The van der Waals surface area contributed by atoms with Crippen molar-refractivity contribution in [1.82, 2.24) is 5.32 Å². The molecule has 0 spiro atoms. The Morgan fingerprint density at radius 2 is 2.10 bits per heavy atom. The number of methoxy groups -OCH3 is 1. The van der Waals surface area contributed by atoms with Crippen LogP contribution in [0, 0.1) is 5.82 Å². The predicted octanol–water partition coefficient (Wildman–Crippen LogP) is 3.76. The summed E-state index contributed by atoms with van der Waals surface area (Å²) in [6.07, 6.45) is 3.91. The van der Waals surface area contributed by atoms with Gasteiger partial charge in [-0.05, 0) is 39.3 Å². The molecule has 0 aromatic heterocycles. The fourth-order valence-electron chi connectivity index (χ4n) is 1.60. The number of carbonyl (C=O) groups is 1. The van der Waals surface area contributed by atoms with Crippen LogP contribution in [0.25, 0.3) is 6.08 Å². The van der Waals surface area contributed by atoms with Crippen molar-refractivity contribution in [3.63, 3.8) is 0 Å². The van der Waals surface area contributed by atoms with Gasteiger partial charge >= 0.3 is 6.09 Å². The Morgan fingerprint density at radius 1 is 1.38 bits per heavy atom. The first-order valence-corrected chi connectivity index (χ1v) is 6.79. The number of alkyl carbamates (subject to hydrolysis) is 1. The molecule has 1 rings (SSSR count). The SMILES string of the molecule is COc1cc(F)ccc1C=CCCNC(=O)OC(C)(C)C. The second-order valence-electron chi connectivity index (χ2n) is 5.51. The summed E-state index contributed by atoms with van der Waals surface area (Å²) in [5, 5.41) is 2.66. The summed E-state index contributed by atoms with van der Waals surface area (Å²) in [7, 11) is 1.50. The van der Waals surface area contributed by atoms with E-state index in [1.54, 1.807) is 6.07 Å². The second-order valence-corrected chi connectivity index (χ2v) is 5.51. The van der Waals surface area contributed by atoms with Gasteiger partial charge in [0.1, 0.15) is 17.2 Å². The molecule has 1 N–H and O–H groups in total. The zero-order chi connectivity index (χ0) is 15.9. The van der Waals surface area contributed by atoms with Crippen LogP contribution in [0.15, 0.2) is 24.3 Å². The Hall–Kier alpha value is -2.04. The van der Waals surface area contributed by atoms with Crippen molar-refractivity contribution < 1.29 is 18.7 Å². The van der Waals surface area contributed by atoms with Crippen molar-refractivity contribution in [2.45, 2.75) is 32.8 Å². The molecule has 0 heterocycles. The van der Waals surface area contributed by atoms with Gasteiger partial charge in [-0.25, -0.2) is 9.18 Å². The first-order valence-electron chi connectivity index (χ1n) is 6.79. The van der Waals surface area contributed by atoms with E-state index in [9.17, 15) is 9.18 Å². The molecule has 1 aromatic rings. The minimum atomic E-state index is -0.499.